The first-order valence-corrected chi connectivity index (χ1v) is 10.8. The average Bonchev–Trinajstić information content (AvgIpc) is 2.73. The zero-order valence-electron chi connectivity index (χ0n) is 19.5. The number of carbonyl (C=O) groups excluding carboxylic acids is 2. The van der Waals surface area contributed by atoms with Crippen molar-refractivity contribution in [1.82, 2.24) is 10.6 Å². The van der Waals surface area contributed by atoms with Crippen LogP contribution in [-0.2, 0) is 11.1 Å². The molecule has 3 rings (SSSR count). The zero-order valence-corrected chi connectivity index (χ0v) is 19.5. The Morgan fingerprint density at radius 2 is 1.00 bits per heavy atom. The molecule has 3 aromatic carbocycles. The van der Waals surface area contributed by atoms with E-state index in [2.05, 4.69) is 21.3 Å². The smallest absolute Gasteiger partial charge is 0.319 e. The van der Waals surface area contributed by atoms with Crippen LogP contribution in [-0.4, -0.2) is 12.1 Å². The second-order valence-corrected chi connectivity index (χ2v) is 9.01. The lowest BCUT2D eigenvalue weighted by Gasteiger charge is -2.31. The maximum absolute atomic E-state index is 13.4. The van der Waals surface area contributed by atoms with Crippen LogP contribution in [0.15, 0.2) is 72.8 Å². The first kappa shape index (κ1) is 24.7. The van der Waals surface area contributed by atoms with E-state index in [0.29, 0.717) is 11.4 Å². The van der Waals surface area contributed by atoms with Crippen molar-refractivity contribution in [1.29, 1.82) is 0 Å². The van der Waals surface area contributed by atoms with Crippen LogP contribution in [0.3, 0.4) is 0 Å². The topological polar surface area (TPSA) is 82.3 Å². The molecule has 6 nitrogen and oxygen atoms in total. The molecule has 8 heteroatoms. The number of rotatable bonds is 6. The summed E-state index contributed by atoms with van der Waals surface area (Å²) in [6.07, 6.45) is 0. The van der Waals surface area contributed by atoms with Gasteiger partial charge in [-0.05, 0) is 75.2 Å². The summed E-state index contributed by atoms with van der Waals surface area (Å²) in [4.78, 5) is 25.0. The number of carbonyl (C=O) groups is 2. The van der Waals surface area contributed by atoms with Crippen LogP contribution in [0.25, 0.3) is 0 Å². The molecule has 34 heavy (non-hydrogen) atoms. The molecule has 0 aliphatic heterocycles. The largest absolute Gasteiger partial charge is 0.329 e. The molecule has 0 saturated carbocycles. The molecule has 0 spiro atoms. The van der Waals surface area contributed by atoms with Crippen LogP contribution in [0, 0.1) is 11.6 Å². The number of hydrogen-bond acceptors (Lipinski definition) is 2. The van der Waals surface area contributed by atoms with Crippen molar-refractivity contribution in [3.63, 3.8) is 0 Å². The average molecular weight is 467 g/mol. The number of nitrogens with one attached hydrogen (secondary N) is 4. The van der Waals surface area contributed by atoms with Gasteiger partial charge in [-0.15, -0.1) is 0 Å². The minimum Gasteiger partial charge on any atom is -0.329 e. The van der Waals surface area contributed by atoms with Crippen molar-refractivity contribution in [2.45, 2.75) is 38.8 Å². The van der Waals surface area contributed by atoms with Gasteiger partial charge in [0.15, 0.2) is 0 Å². The minimum absolute atomic E-state index is 0.344. The fourth-order valence-electron chi connectivity index (χ4n) is 3.47. The molecule has 4 amide bonds. The fraction of sp³-hybridized carbons (Fsp3) is 0.231. The van der Waals surface area contributed by atoms with E-state index in [0.717, 1.165) is 11.1 Å². The Morgan fingerprint density at radius 1 is 0.618 bits per heavy atom. The lowest BCUT2D eigenvalue weighted by molar-refractivity contribution is 0.241. The van der Waals surface area contributed by atoms with Gasteiger partial charge in [-0.3, -0.25) is 0 Å². The van der Waals surface area contributed by atoms with Gasteiger partial charge in [0.25, 0.3) is 0 Å². The molecule has 0 heterocycles. The molecule has 0 fully saturated rings. The maximum atomic E-state index is 13.4. The van der Waals surface area contributed by atoms with E-state index < -0.39 is 34.8 Å². The van der Waals surface area contributed by atoms with Crippen molar-refractivity contribution >= 4 is 23.4 Å². The third kappa shape index (κ3) is 6.54. The van der Waals surface area contributed by atoms with E-state index in [1.807, 2.05) is 52.0 Å². The Balaban J connectivity index is 1.70. The van der Waals surface area contributed by atoms with Crippen molar-refractivity contribution in [2.75, 3.05) is 10.6 Å². The van der Waals surface area contributed by atoms with Crippen molar-refractivity contribution in [2.24, 2.45) is 0 Å². The summed E-state index contributed by atoms with van der Waals surface area (Å²) in [5, 5.41) is 11.0. The first-order chi connectivity index (χ1) is 15.9. The van der Waals surface area contributed by atoms with Gasteiger partial charge in [0.1, 0.15) is 11.6 Å². The molecular formula is C26H28F2N4O2. The second-order valence-electron chi connectivity index (χ2n) is 9.01. The van der Waals surface area contributed by atoms with E-state index in [9.17, 15) is 18.4 Å². The number of hydrogen-bond donors (Lipinski definition) is 4. The molecular weight excluding hydrogens is 438 g/mol. The van der Waals surface area contributed by atoms with Gasteiger partial charge in [-0.1, -0.05) is 36.4 Å². The van der Waals surface area contributed by atoms with Gasteiger partial charge >= 0.3 is 12.1 Å². The quantitative estimate of drug-likeness (QED) is 0.355. The number of benzene rings is 3. The second kappa shape index (κ2) is 9.91. The summed E-state index contributed by atoms with van der Waals surface area (Å²) in [5.74, 6) is -0.887. The zero-order chi connectivity index (χ0) is 24.9. The van der Waals surface area contributed by atoms with E-state index in [1.54, 1.807) is 12.1 Å². The number of urea groups is 2. The Hall–Kier alpha value is -3.94. The van der Waals surface area contributed by atoms with E-state index >= 15 is 0 Å². The number of anilines is 2. The lowest BCUT2D eigenvalue weighted by Crippen LogP contribution is -2.45. The van der Waals surface area contributed by atoms with Crippen LogP contribution < -0.4 is 21.3 Å². The van der Waals surface area contributed by atoms with E-state index in [-0.39, 0.29) is 0 Å². The summed E-state index contributed by atoms with van der Waals surface area (Å²) in [6.45, 7) is 7.37. The Morgan fingerprint density at radius 3 is 1.38 bits per heavy atom. The summed E-state index contributed by atoms with van der Waals surface area (Å²) in [7, 11) is 0. The third-order valence-corrected chi connectivity index (χ3v) is 5.32. The highest BCUT2D eigenvalue weighted by Crippen LogP contribution is 2.27. The molecule has 178 valence electrons. The van der Waals surface area contributed by atoms with Gasteiger partial charge in [-0.2, -0.15) is 0 Å². The standard InChI is InChI=1S/C26H28F2N4O2/c1-25(2,31-23(33)29-21-12-6-10-19(27)15-21)17-8-5-9-18(14-17)26(3,4)32-24(34)30-22-13-7-11-20(28)16-22/h5-16H,1-4H3,(H2,29,31,33)(H2,30,32,34). The minimum atomic E-state index is -0.771. The third-order valence-electron chi connectivity index (χ3n) is 5.32. The summed E-state index contributed by atoms with van der Waals surface area (Å²) in [5.41, 5.74) is 0.758. The molecule has 0 saturated heterocycles. The highest BCUT2D eigenvalue weighted by molar-refractivity contribution is 5.90. The maximum Gasteiger partial charge on any atom is 0.319 e. The van der Waals surface area contributed by atoms with Crippen LogP contribution >= 0.6 is 0 Å². The van der Waals surface area contributed by atoms with Gasteiger partial charge in [0.05, 0.1) is 11.1 Å². The van der Waals surface area contributed by atoms with Gasteiger partial charge in [0.2, 0.25) is 0 Å². The highest BCUT2D eigenvalue weighted by atomic mass is 19.1. The Labute approximate surface area is 197 Å². The first-order valence-electron chi connectivity index (χ1n) is 10.8. The van der Waals surface area contributed by atoms with Crippen molar-refractivity contribution in [3.05, 3.63) is 95.6 Å². The van der Waals surface area contributed by atoms with Gasteiger partial charge in [0, 0.05) is 11.4 Å². The SMILES string of the molecule is CC(C)(NC(=O)Nc1cccc(F)c1)c1cccc(C(C)(C)NC(=O)Nc2cccc(F)c2)c1. The summed E-state index contributed by atoms with van der Waals surface area (Å²) < 4.78 is 26.8. The predicted octanol–water partition coefficient (Wildman–Crippen LogP) is 6.08. The summed E-state index contributed by atoms with van der Waals surface area (Å²) in [6, 6.07) is 17.8. The van der Waals surface area contributed by atoms with Crippen LogP contribution in [0.4, 0.5) is 29.7 Å². The fourth-order valence-corrected chi connectivity index (χ4v) is 3.47. The van der Waals surface area contributed by atoms with Gasteiger partial charge in [-0.25, -0.2) is 18.4 Å². The Kier molecular flexibility index (Phi) is 7.20. The van der Waals surface area contributed by atoms with Crippen LogP contribution in [0.5, 0.6) is 0 Å². The summed E-state index contributed by atoms with van der Waals surface area (Å²) >= 11 is 0. The molecule has 3 aromatic rings. The normalized spacial score (nSPS) is 11.5. The molecule has 0 aliphatic carbocycles. The molecule has 0 bridgehead atoms. The molecule has 0 atom stereocenters. The van der Waals surface area contributed by atoms with Gasteiger partial charge < -0.3 is 21.3 Å². The predicted molar refractivity (Wildman–Crippen MR) is 130 cm³/mol. The highest BCUT2D eigenvalue weighted by Gasteiger charge is 2.27. The molecule has 0 radical (unpaired) electrons. The monoisotopic (exact) mass is 466 g/mol. The Bertz CT molecular complexity index is 1110. The molecule has 0 aliphatic rings. The van der Waals surface area contributed by atoms with Crippen molar-refractivity contribution < 1.29 is 18.4 Å². The van der Waals surface area contributed by atoms with Crippen LogP contribution in [0.2, 0.25) is 0 Å². The molecule has 0 aromatic heterocycles. The van der Waals surface area contributed by atoms with E-state index in [1.165, 1.54) is 36.4 Å². The van der Waals surface area contributed by atoms with Crippen molar-refractivity contribution in [3.8, 4) is 0 Å². The molecule has 4 N–H and O–H groups in total. The number of amides is 4. The lowest BCUT2D eigenvalue weighted by atomic mass is 9.87. The van der Waals surface area contributed by atoms with Crippen LogP contribution in [0.1, 0.15) is 38.8 Å². The number of halogens is 2. The van der Waals surface area contributed by atoms with E-state index in [4.69, 9.17) is 0 Å². The molecule has 0 unspecified atom stereocenters.